The number of hydrogen-bond acceptors (Lipinski definition) is 7. The van der Waals surface area contributed by atoms with Gasteiger partial charge < -0.3 is 14.2 Å². The minimum absolute atomic E-state index is 0.0426. The van der Waals surface area contributed by atoms with Crippen molar-refractivity contribution in [1.29, 1.82) is 0 Å². The highest BCUT2D eigenvalue weighted by Gasteiger charge is 2.29. The minimum Gasteiger partial charge on any atom is -0.497 e. The van der Waals surface area contributed by atoms with Gasteiger partial charge in [-0.25, -0.2) is 13.8 Å². The van der Waals surface area contributed by atoms with E-state index in [1.165, 1.54) is 39.7 Å². The smallest absolute Gasteiger partial charge is 0.264 e. The number of nitrogens with one attached hydrogen (secondary N) is 1. The molecule has 1 amide bonds. The highest BCUT2D eigenvalue weighted by Crippen LogP contribution is 2.33. The lowest BCUT2D eigenvalue weighted by Gasteiger charge is -2.25. The van der Waals surface area contributed by atoms with Gasteiger partial charge in [0.25, 0.3) is 15.9 Å². The Morgan fingerprint density at radius 1 is 0.943 bits per heavy atom. The Morgan fingerprint density at radius 3 is 2.29 bits per heavy atom. The van der Waals surface area contributed by atoms with E-state index in [0.717, 1.165) is 9.87 Å². The first-order chi connectivity index (χ1) is 16.8. The van der Waals surface area contributed by atoms with E-state index < -0.39 is 22.5 Å². The van der Waals surface area contributed by atoms with Gasteiger partial charge in [0.2, 0.25) is 0 Å². The van der Waals surface area contributed by atoms with Crippen molar-refractivity contribution in [3.63, 3.8) is 0 Å². The number of carbonyl (C=O) groups excluding carboxylic acids is 1. The van der Waals surface area contributed by atoms with E-state index in [2.05, 4.69) is 10.5 Å². The van der Waals surface area contributed by atoms with Crippen LogP contribution in [-0.2, 0) is 14.8 Å². The maximum absolute atomic E-state index is 13.5. The molecule has 3 aromatic rings. The van der Waals surface area contributed by atoms with Gasteiger partial charge >= 0.3 is 0 Å². The second kappa shape index (κ2) is 11.4. The van der Waals surface area contributed by atoms with Gasteiger partial charge in [-0.3, -0.25) is 9.10 Å². The van der Waals surface area contributed by atoms with Gasteiger partial charge in [-0.1, -0.05) is 24.3 Å². The van der Waals surface area contributed by atoms with Crippen molar-refractivity contribution in [3.8, 4) is 17.2 Å². The molecule has 0 saturated carbocycles. The van der Waals surface area contributed by atoms with Gasteiger partial charge in [0.15, 0.2) is 0 Å². The van der Waals surface area contributed by atoms with Gasteiger partial charge in [0.05, 0.1) is 38.1 Å². The number of benzene rings is 3. The first kappa shape index (κ1) is 25.6. The van der Waals surface area contributed by atoms with Crippen LogP contribution in [0.1, 0.15) is 11.1 Å². The van der Waals surface area contributed by atoms with E-state index in [1.807, 2.05) is 6.92 Å². The molecule has 0 bridgehead atoms. The Hall–Kier alpha value is -4.05. The molecule has 0 saturated heterocycles. The summed E-state index contributed by atoms with van der Waals surface area (Å²) in [5.74, 6) is 0.783. The number of nitrogens with zero attached hydrogens (tertiary/aromatic N) is 2. The van der Waals surface area contributed by atoms with E-state index in [0.29, 0.717) is 22.8 Å². The van der Waals surface area contributed by atoms with Crippen LogP contribution in [-0.4, -0.2) is 48.4 Å². The van der Waals surface area contributed by atoms with Crippen molar-refractivity contribution in [2.45, 2.75) is 11.8 Å². The van der Waals surface area contributed by atoms with Crippen LogP contribution >= 0.6 is 0 Å². The van der Waals surface area contributed by atoms with Gasteiger partial charge in [-0.15, -0.1) is 0 Å². The molecule has 0 spiro atoms. The zero-order valence-electron chi connectivity index (χ0n) is 19.9. The molecule has 0 atom stereocenters. The van der Waals surface area contributed by atoms with Crippen LogP contribution < -0.4 is 23.9 Å². The molecular weight excluding hydrogens is 470 g/mol. The van der Waals surface area contributed by atoms with E-state index in [4.69, 9.17) is 14.2 Å². The van der Waals surface area contributed by atoms with Crippen molar-refractivity contribution >= 4 is 27.8 Å². The van der Waals surface area contributed by atoms with Crippen molar-refractivity contribution in [2.75, 3.05) is 32.2 Å². The quantitative estimate of drug-likeness (QED) is 0.340. The van der Waals surface area contributed by atoms with Crippen LogP contribution in [0.4, 0.5) is 5.69 Å². The number of hydrazone groups is 1. The molecule has 0 radical (unpaired) electrons. The number of amides is 1. The lowest BCUT2D eigenvalue weighted by atomic mass is 10.2. The van der Waals surface area contributed by atoms with Crippen LogP contribution in [0.3, 0.4) is 0 Å². The van der Waals surface area contributed by atoms with E-state index >= 15 is 0 Å². The highest BCUT2D eigenvalue weighted by molar-refractivity contribution is 7.92. The predicted octanol–water partition coefficient (Wildman–Crippen LogP) is 3.37. The summed E-state index contributed by atoms with van der Waals surface area (Å²) in [6, 6.07) is 18.1. The summed E-state index contributed by atoms with van der Waals surface area (Å²) >= 11 is 0. The Balaban J connectivity index is 1.91. The number of aryl methyl sites for hydroxylation is 1. The number of rotatable bonds is 10. The summed E-state index contributed by atoms with van der Waals surface area (Å²) in [5, 5.41) is 3.97. The van der Waals surface area contributed by atoms with E-state index in [-0.39, 0.29) is 10.6 Å². The number of sulfonamides is 1. The Kier molecular flexibility index (Phi) is 8.32. The second-order valence-electron chi connectivity index (χ2n) is 7.40. The van der Waals surface area contributed by atoms with Crippen LogP contribution in [0, 0.1) is 6.92 Å². The largest absolute Gasteiger partial charge is 0.497 e. The number of methoxy groups -OCH3 is 3. The predicted molar refractivity (Wildman–Crippen MR) is 134 cm³/mol. The monoisotopic (exact) mass is 497 g/mol. The number of hydrogen-bond donors (Lipinski definition) is 1. The van der Waals surface area contributed by atoms with Crippen LogP contribution in [0.15, 0.2) is 76.7 Å². The molecule has 9 nitrogen and oxygen atoms in total. The van der Waals surface area contributed by atoms with Crippen molar-refractivity contribution in [1.82, 2.24) is 5.43 Å². The van der Waals surface area contributed by atoms with Crippen LogP contribution in [0.2, 0.25) is 0 Å². The molecular formula is C25H27N3O6S. The SMILES string of the molecule is COc1ccc(OC)c(/C=N\NC(=O)CN(c2cc(C)ccc2OC)S(=O)(=O)c2ccccc2)c1. The lowest BCUT2D eigenvalue weighted by molar-refractivity contribution is -0.119. The van der Waals surface area contributed by atoms with Crippen molar-refractivity contribution in [2.24, 2.45) is 5.10 Å². The first-order valence-corrected chi connectivity index (χ1v) is 12.0. The summed E-state index contributed by atoms with van der Waals surface area (Å²) in [6.07, 6.45) is 1.39. The molecule has 3 rings (SSSR count). The Morgan fingerprint density at radius 2 is 1.63 bits per heavy atom. The number of anilines is 1. The molecule has 0 aliphatic carbocycles. The maximum atomic E-state index is 13.5. The molecule has 184 valence electrons. The Bertz CT molecular complexity index is 1310. The third-order valence-electron chi connectivity index (χ3n) is 5.05. The van der Waals surface area contributed by atoms with E-state index in [1.54, 1.807) is 54.6 Å². The molecule has 35 heavy (non-hydrogen) atoms. The highest BCUT2D eigenvalue weighted by atomic mass is 32.2. The second-order valence-corrected chi connectivity index (χ2v) is 9.26. The normalized spacial score (nSPS) is 11.2. The van der Waals surface area contributed by atoms with Gasteiger partial charge in [-0.05, 0) is 55.0 Å². The molecule has 0 heterocycles. The van der Waals surface area contributed by atoms with Crippen molar-refractivity contribution in [3.05, 3.63) is 77.9 Å². The molecule has 0 unspecified atom stereocenters. The fourth-order valence-electron chi connectivity index (χ4n) is 3.29. The van der Waals surface area contributed by atoms with Crippen LogP contribution in [0.25, 0.3) is 0 Å². The molecule has 0 fully saturated rings. The van der Waals surface area contributed by atoms with Gasteiger partial charge in [-0.2, -0.15) is 5.10 Å². The fourth-order valence-corrected chi connectivity index (χ4v) is 4.74. The van der Waals surface area contributed by atoms with Gasteiger partial charge in [0.1, 0.15) is 23.8 Å². The summed E-state index contributed by atoms with van der Waals surface area (Å²) in [6.45, 7) is 1.30. The first-order valence-electron chi connectivity index (χ1n) is 10.6. The standard InChI is InChI=1S/C25H27N3O6S/c1-18-10-12-24(34-4)22(14-18)28(35(30,31)21-8-6-5-7-9-21)17-25(29)27-26-16-19-15-20(32-2)11-13-23(19)33-3/h5-16H,17H2,1-4H3,(H,27,29)/b26-16-. The van der Waals surface area contributed by atoms with Gasteiger partial charge in [0, 0.05) is 5.56 Å². The average Bonchev–Trinajstić information content (AvgIpc) is 2.87. The summed E-state index contributed by atoms with van der Waals surface area (Å²) < 4.78 is 43.9. The number of carbonyl (C=O) groups is 1. The van der Waals surface area contributed by atoms with Crippen molar-refractivity contribution < 1.29 is 27.4 Å². The molecule has 10 heteroatoms. The lowest BCUT2D eigenvalue weighted by Crippen LogP contribution is -2.39. The minimum atomic E-state index is -4.09. The molecule has 0 aromatic heterocycles. The third-order valence-corrected chi connectivity index (χ3v) is 6.83. The fraction of sp³-hybridized carbons (Fsp3) is 0.200. The molecule has 3 aromatic carbocycles. The molecule has 1 N–H and O–H groups in total. The summed E-state index contributed by atoms with van der Waals surface area (Å²) in [4.78, 5) is 12.9. The zero-order chi connectivity index (χ0) is 25.4. The average molecular weight is 498 g/mol. The van der Waals surface area contributed by atoms with E-state index in [9.17, 15) is 13.2 Å². The Labute approximate surface area is 205 Å². The third kappa shape index (κ3) is 6.10. The van der Waals surface area contributed by atoms with Crippen LogP contribution in [0.5, 0.6) is 17.2 Å². The molecule has 0 aliphatic heterocycles. The summed E-state index contributed by atoms with van der Waals surface area (Å²) in [5.41, 5.74) is 4.00. The molecule has 0 aliphatic rings. The topological polar surface area (TPSA) is 107 Å². The zero-order valence-corrected chi connectivity index (χ0v) is 20.7. The summed E-state index contributed by atoms with van der Waals surface area (Å²) in [7, 11) is 0.393. The maximum Gasteiger partial charge on any atom is 0.264 e. The number of ether oxygens (including phenoxy) is 3.